The lowest BCUT2D eigenvalue weighted by atomic mass is 10.0. The molecule has 0 radical (unpaired) electrons. The Kier molecular flexibility index (Phi) is 7.01. The number of nitrogens with one attached hydrogen (secondary N) is 1. The van der Waals surface area contributed by atoms with E-state index in [9.17, 15) is 4.79 Å². The van der Waals surface area contributed by atoms with E-state index in [-0.39, 0.29) is 30.7 Å². The highest BCUT2D eigenvalue weighted by Gasteiger charge is 2.25. The van der Waals surface area contributed by atoms with Crippen LogP contribution in [0.3, 0.4) is 0 Å². The van der Waals surface area contributed by atoms with Gasteiger partial charge in [0.2, 0.25) is 6.29 Å². The molecule has 1 rings (SSSR count). The first-order valence-corrected chi connectivity index (χ1v) is 6.50. The van der Waals surface area contributed by atoms with E-state index in [4.69, 9.17) is 21.0 Å². The molecule has 0 aromatic heterocycles. The molecular weight excluding hydrogens is 246 g/mol. The van der Waals surface area contributed by atoms with Crippen LogP contribution in [-0.4, -0.2) is 37.1 Å². The van der Waals surface area contributed by atoms with Gasteiger partial charge in [0, 0.05) is 13.0 Å². The zero-order chi connectivity index (χ0) is 14.1. The van der Waals surface area contributed by atoms with Crippen LogP contribution in [0.15, 0.2) is 11.8 Å². The van der Waals surface area contributed by atoms with Crippen molar-refractivity contribution in [2.24, 2.45) is 5.92 Å². The summed E-state index contributed by atoms with van der Waals surface area (Å²) in [5.74, 6) is 2.50. The Morgan fingerprint density at radius 1 is 1.68 bits per heavy atom. The lowest BCUT2D eigenvalue weighted by Gasteiger charge is -2.27. The average molecular weight is 267 g/mol. The molecule has 19 heavy (non-hydrogen) atoms. The molecule has 0 spiro atoms. The SMILES string of the molecule is C#CCNC(=O)C1=C[C@@H](C)C[C@@H](OCCCCO)O1. The number of aliphatic hydroxyl groups excluding tert-OH is 1. The summed E-state index contributed by atoms with van der Waals surface area (Å²) in [6, 6.07) is 0. The minimum atomic E-state index is -0.412. The van der Waals surface area contributed by atoms with Crippen molar-refractivity contribution in [1.82, 2.24) is 5.32 Å². The van der Waals surface area contributed by atoms with Crippen molar-refractivity contribution in [3.8, 4) is 12.3 Å². The van der Waals surface area contributed by atoms with E-state index in [1.807, 2.05) is 6.92 Å². The van der Waals surface area contributed by atoms with Gasteiger partial charge in [-0.25, -0.2) is 0 Å². The number of unbranched alkanes of at least 4 members (excludes halogenated alkanes) is 1. The molecule has 0 aromatic rings. The van der Waals surface area contributed by atoms with Crippen LogP contribution < -0.4 is 5.32 Å². The van der Waals surface area contributed by atoms with Crippen LogP contribution in [0.25, 0.3) is 0 Å². The molecule has 0 bridgehead atoms. The Balaban J connectivity index is 2.42. The lowest BCUT2D eigenvalue weighted by Crippen LogP contribution is -2.33. The average Bonchev–Trinajstić information content (AvgIpc) is 2.40. The summed E-state index contributed by atoms with van der Waals surface area (Å²) >= 11 is 0. The molecule has 0 unspecified atom stereocenters. The van der Waals surface area contributed by atoms with E-state index in [0.717, 1.165) is 6.42 Å². The third kappa shape index (κ3) is 5.77. The second-order valence-corrected chi connectivity index (χ2v) is 4.48. The van der Waals surface area contributed by atoms with Crippen molar-refractivity contribution >= 4 is 5.91 Å². The van der Waals surface area contributed by atoms with E-state index < -0.39 is 6.29 Å². The maximum Gasteiger partial charge on any atom is 0.286 e. The summed E-state index contributed by atoms with van der Waals surface area (Å²) in [5, 5.41) is 11.2. The minimum absolute atomic E-state index is 0.158. The molecule has 0 fully saturated rings. The maximum atomic E-state index is 11.7. The van der Waals surface area contributed by atoms with Gasteiger partial charge in [-0.2, -0.15) is 0 Å². The Bertz CT molecular complexity index is 359. The number of hydrogen-bond donors (Lipinski definition) is 2. The second-order valence-electron chi connectivity index (χ2n) is 4.48. The zero-order valence-corrected chi connectivity index (χ0v) is 11.2. The van der Waals surface area contributed by atoms with Gasteiger partial charge in [0.1, 0.15) is 0 Å². The van der Waals surface area contributed by atoms with Gasteiger partial charge >= 0.3 is 0 Å². The predicted molar refractivity (Wildman–Crippen MR) is 70.9 cm³/mol. The number of allylic oxidation sites excluding steroid dienone is 1. The van der Waals surface area contributed by atoms with E-state index in [0.29, 0.717) is 19.4 Å². The van der Waals surface area contributed by atoms with Gasteiger partial charge in [0.05, 0.1) is 13.2 Å². The van der Waals surface area contributed by atoms with Crippen molar-refractivity contribution in [2.45, 2.75) is 32.5 Å². The summed E-state index contributed by atoms with van der Waals surface area (Å²) in [5.41, 5.74) is 0. The van der Waals surface area contributed by atoms with E-state index >= 15 is 0 Å². The molecule has 1 aliphatic heterocycles. The fourth-order valence-electron chi connectivity index (χ4n) is 1.74. The molecule has 5 nitrogen and oxygen atoms in total. The van der Waals surface area contributed by atoms with E-state index in [2.05, 4.69) is 11.2 Å². The largest absolute Gasteiger partial charge is 0.459 e. The van der Waals surface area contributed by atoms with Crippen molar-refractivity contribution < 1.29 is 19.4 Å². The van der Waals surface area contributed by atoms with E-state index in [1.54, 1.807) is 6.08 Å². The number of ether oxygens (including phenoxy) is 2. The number of amides is 1. The normalized spacial score (nSPS) is 22.1. The number of carbonyl (C=O) groups is 1. The van der Waals surface area contributed by atoms with Crippen LogP contribution in [0, 0.1) is 18.3 Å². The summed E-state index contributed by atoms with van der Waals surface area (Å²) in [6.07, 6.45) is 8.64. The van der Waals surface area contributed by atoms with Crippen LogP contribution in [-0.2, 0) is 14.3 Å². The predicted octanol–water partition coefficient (Wildman–Crippen LogP) is 0.791. The second kappa shape index (κ2) is 8.57. The molecule has 2 atom stereocenters. The molecule has 0 aliphatic carbocycles. The van der Waals surface area contributed by atoms with Crippen molar-refractivity contribution in [3.05, 3.63) is 11.8 Å². The number of aliphatic hydroxyl groups is 1. The highest BCUT2D eigenvalue weighted by molar-refractivity contribution is 5.91. The number of terminal acetylenes is 1. The maximum absolute atomic E-state index is 11.7. The molecule has 2 N–H and O–H groups in total. The molecular formula is C14H21NO4. The zero-order valence-electron chi connectivity index (χ0n) is 11.2. The molecule has 0 aromatic carbocycles. The summed E-state index contributed by atoms with van der Waals surface area (Å²) in [6.45, 7) is 2.85. The van der Waals surface area contributed by atoms with Crippen molar-refractivity contribution in [3.63, 3.8) is 0 Å². The fourth-order valence-corrected chi connectivity index (χ4v) is 1.74. The first-order valence-electron chi connectivity index (χ1n) is 6.50. The van der Waals surface area contributed by atoms with Crippen molar-refractivity contribution in [1.29, 1.82) is 0 Å². The minimum Gasteiger partial charge on any atom is -0.459 e. The molecule has 1 amide bonds. The summed E-state index contributed by atoms with van der Waals surface area (Å²) in [7, 11) is 0. The topological polar surface area (TPSA) is 67.8 Å². The van der Waals surface area contributed by atoms with Gasteiger partial charge in [0.15, 0.2) is 5.76 Å². The summed E-state index contributed by atoms with van der Waals surface area (Å²) in [4.78, 5) is 11.7. The molecule has 106 valence electrons. The van der Waals surface area contributed by atoms with Gasteiger partial charge in [-0.1, -0.05) is 12.8 Å². The lowest BCUT2D eigenvalue weighted by molar-refractivity contribution is -0.148. The Labute approximate surface area is 114 Å². The Hall–Kier alpha value is -1.51. The first-order chi connectivity index (χ1) is 9.17. The number of carbonyl (C=O) groups excluding carboxylic acids is 1. The monoisotopic (exact) mass is 267 g/mol. The standard InChI is InChI=1S/C14H21NO4/c1-3-6-15-14(17)12-9-11(2)10-13(19-12)18-8-5-4-7-16/h1,9,11,13,16H,4-8,10H2,2H3,(H,15,17)/t11-,13+/m1/s1. The summed E-state index contributed by atoms with van der Waals surface area (Å²) < 4.78 is 11.0. The smallest absolute Gasteiger partial charge is 0.286 e. The van der Waals surface area contributed by atoms with Crippen LogP contribution in [0.1, 0.15) is 26.2 Å². The van der Waals surface area contributed by atoms with Crippen molar-refractivity contribution in [2.75, 3.05) is 19.8 Å². The third-order valence-electron chi connectivity index (χ3n) is 2.69. The fraction of sp³-hybridized carbons (Fsp3) is 0.643. The van der Waals surface area contributed by atoms with Crippen LogP contribution in [0.4, 0.5) is 0 Å². The van der Waals surface area contributed by atoms with Gasteiger partial charge < -0.3 is 19.9 Å². The Morgan fingerprint density at radius 2 is 2.47 bits per heavy atom. The quantitative estimate of drug-likeness (QED) is 0.528. The molecule has 5 heteroatoms. The van der Waals surface area contributed by atoms with E-state index in [1.165, 1.54) is 0 Å². The van der Waals surface area contributed by atoms with Gasteiger partial charge in [0.25, 0.3) is 5.91 Å². The van der Waals surface area contributed by atoms with Gasteiger partial charge in [-0.05, 0) is 24.8 Å². The highest BCUT2D eigenvalue weighted by atomic mass is 16.7. The van der Waals surface area contributed by atoms with Gasteiger partial charge in [-0.3, -0.25) is 4.79 Å². The molecule has 1 aliphatic rings. The van der Waals surface area contributed by atoms with Crippen LogP contribution >= 0.6 is 0 Å². The molecule has 1 heterocycles. The Morgan fingerprint density at radius 3 is 3.16 bits per heavy atom. The van der Waals surface area contributed by atoms with Crippen LogP contribution in [0.5, 0.6) is 0 Å². The number of rotatable bonds is 7. The van der Waals surface area contributed by atoms with Gasteiger partial charge in [-0.15, -0.1) is 6.42 Å². The molecule has 0 saturated heterocycles. The number of hydrogen-bond acceptors (Lipinski definition) is 4. The molecule has 0 saturated carbocycles. The van der Waals surface area contributed by atoms with Crippen LogP contribution in [0.2, 0.25) is 0 Å². The third-order valence-corrected chi connectivity index (χ3v) is 2.69. The highest BCUT2D eigenvalue weighted by Crippen LogP contribution is 2.23. The first kappa shape index (κ1) is 15.5.